The van der Waals surface area contributed by atoms with Gasteiger partial charge in [0.15, 0.2) is 6.10 Å². The van der Waals surface area contributed by atoms with Crippen LogP contribution >= 0.6 is 15.9 Å². The predicted molar refractivity (Wildman–Crippen MR) is 67.0 cm³/mol. The van der Waals surface area contributed by atoms with E-state index in [1.807, 2.05) is 0 Å². The van der Waals surface area contributed by atoms with E-state index in [-0.39, 0.29) is 0 Å². The maximum atomic E-state index is 12.3. The summed E-state index contributed by atoms with van der Waals surface area (Å²) < 4.78 is 25.2. The first kappa shape index (κ1) is 13.2. The molecule has 4 nitrogen and oxygen atoms in total. The fourth-order valence-electron chi connectivity index (χ4n) is 1.85. The molecule has 1 heterocycles. The van der Waals surface area contributed by atoms with E-state index in [2.05, 4.69) is 21.2 Å². The van der Waals surface area contributed by atoms with Crippen LogP contribution in [-0.2, 0) is 4.79 Å². The van der Waals surface area contributed by atoms with Crippen LogP contribution in [0.5, 0.6) is 0 Å². The number of anilines is 2. The van der Waals surface area contributed by atoms with Gasteiger partial charge in [-0.2, -0.15) is 0 Å². The van der Waals surface area contributed by atoms with Crippen molar-refractivity contribution in [2.75, 3.05) is 23.8 Å². The number of aliphatic hydroxyl groups excluding tert-OH is 1. The Bertz CT molecular complexity index is 496. The average molecular weight is 321 g/mol. The molecule has 1 aliphatic heterocycles. The molecule has 0 radical (unpaired) electrons. The molecule has 2 rings (SSSR count). The maximum absolute atomic E-state index is 12.3. The van der Waals surface area contributed by atoms with Crippen LogP contribution in [0.25, 0.3) is 0 Å². The van der Waals surface area contributed by atoms with Crippen LogP contribution in [-0.4, -0.2) is 31.0 Å². The zero-order valence-electron chi connectivity index (χ0n) is 9.45. The number of hydrogen-bond acceptors (Lipinski definition) is 3. The molecule has 1 aromatic carbocycles. The summed E-state index contributed by atoms with van der Waals surface area (Å²) in [7, 11) is 1.53. The minimum absolute atomic E-state index is 0.409. The van der Waals surface area contributed by atoms with E-state index in [1.54, 1.807) is 12.1 Å². The molecule has 0 aromatic heterocycles. The lowest BCUT2D eigenvalue weighted by Gasteiger charge is -2.21. The van der Waals surface area contributed by atoms with Gasteiger partial charge in [-0.15, -0.1) is 0 Å². The first-order chi connectivity index (χ1) is 8.40. The van der Waals surface area contributed by atoms with Crippen molar-refractivity contribution in [3.8, 4) is 0 Å². The van der Waals surface area contributed by atoms with Crippen LogP contribution in [0.15, 0.2) is 16.6 Å². The smallest absolute Gasteiger partial charge is 0.257 e. The Labute approximate surface area is 111 Å². The van der Waals surface area contributed by atoms with Gasteiger partial charge in [0.05, 0.1) is 12.2 Å². The Morgan fingerprint density at radius 1 is 1.56 bits per heavy atom. The second-order valence-electron chi connectivity index (χ2n) is 4.05. The molecule has 2 N–H and O–H groups in total. The summed E-state index contributed by atoms with van der Waals surface area (Å²) >= 11 is 3.25. The fourth-order valence-corrected chi connectivity index (χ4v) is 2.52. The van der Waals surface area contributed by atoms with E-state index in [1.165, 1.54) is 11.9 Å². The van der Waals surface area contributed by atoms with Crippen molar-refractivity contribution in [3.05, 3.63) is 22.2 Å². The first-order valence-electron chi connectivity index (χ1n) is 5.22. The monoisotopic (exact) mass is 320 g/mol. The van der Waals surface area contributed by atoms with E-state index in [9.17, 15) is 18.7 Å². The Morgan fingerprint density at radius 2 is 2.22 bits per heavy atom. The van der Waals surface area contributed by atoms with Crippen molar-refractivity contribution in [2.24, 2.45) is 0 Å². The Balaban J connectivity index is 2.35. The molecule has 18 heavy (non-hydrogen) atoms. The topological polar surface area (TPSA) is 52.6 Å². The van der Waals surface area contributed by atoms with Gasteiger partial charge >= 0.3 is 0 Å². The van der Waals surface area contributed by atoms with Crippen molar-refractivity contribution < 1.29 is 18.7 Å². The number of nitrogens with one attached hydrogen (secondary N) is 1. The summed E-state index contributed by atoms with van der Waals surface area (Å²) in [5.74, 6) is -0.509. The zero-order valence-corrected chi connectivity index (χ0v) is 11.0. The van der Waals surface area contributed by atoms with Gasteiger partial charge in [0.1, 0.15) is 0 Å². The lowest BCUT2D eigenvalue weighted by Crippen LogP contribution is -2.24. The summed E-state index contributed by atoms with van der Waals surface area (Å²) in [5.41, 5.74) is 1.43. The Kier molecular flexibility index (Phi) is 3.54. The molecule has 0 fully saturated rings. The molecule has 0 bridgehead atoms. The minimum atomic E-state index is -2.45. The third-order valence-electron chi connectivity index (χ3n) is 2.74. The Morgan fingerprint density at radius 3 is 2.83 bits per heavy atom. The number of benzene rings is 1. The number of halogens is 3. The van der Waals surface area contributed by atoms with E-state index >= 15 is 0 Å². The molecule has 0 spiro atoms. The molecule has 1 atom stereocenters. The van der Waals surface area contributed by atoms with Crippen molar-refractivity contribution in [2.45, 2.75) is 12.5 Å². The number of alkyl halides is 2. The number of fused-ring (bicyclic) bond motifs is 1. The summed E-state index contributed by atoms with van der Waals surface area (Å²) in [6, 6.07) is 3.13. The summed E-state index contributed by atoms with van der Waals surface area (Å²) in [5, 5.41) is 12.1. The van der Waals surface area contributed by atoms with Gasteiger partial charge in [-0.05, 0) is 28.1 Å². The first-order valence-corrected chi connectivity index (χ1v) is 6.01. The predicted octanol–water partition coefficient (Wildman–Crippen LogP) is 2.14. The van der Waals surface area contributed by atoms with E-state index in [0.717, 1.165) is 0 Å². The lowest BCUT2D eigenvalue weighted by molar-refractivity contribution is -0.123. The molecule has 1 aliphatic rings. The number of amides is 1. The molecule has 0 aliphatic carbocycles. The molecule has 0 saturated carbocycles. The Hall–Kier alpha value is -1.21. The fraction of sp³-hybridized carbons (Fsp3) is 0.364. The minimum Gasteiger partial charge on any atom is -0.378 e. The van der Waals surface area contributed by atoms with Gasteiger partial charge in [0.2, 0.25) is 0 Å². The van der Waals surface area contributed by atoms with Gasteiger partial charge < -0.3 is 15.3 Å². The molecule has 7 heteroatoms. The summed E-state index contributed by atoms with van der Waals surface area (Å²) in [6.45, 7) is -0.409. The van der Waals surface area contributed by atoms with Crippen LogP contribution in [0, 0.1) is 0 Å². The quantitative estimate of drug-likeness (QED) is 0.897. The van der Waals surface area contributed by atoms with E-state index in [4.69, 9.17) is 0 Å². The van der Waals surface area contributed by atoms with Crippen molar-refractivity contribution in [3.63, 3.8) is 0 Å². The second kappa shape index (κ2) is 4.81. The average Bonchev–Trinajstić information content (AvgIpc) is 2.53. The highest BCUT2D eigenvalue weighted by molar-refractivity contribution is 9.10. The molecule has 98 valence electrons. The van der Waals surface area contributed by atoms with E-state index < -0.39 is 25.0 Å². The van der Waals surface area contributed by atoms with Crippen LogP contribution in [0.2, 0.25) is 0 Å². The van der Waals surface area contributed by atoms with Crippen molar-refractivity contribution in [1.82, 2.24) is 0 Å². The molecule has 0 saturated heterocycles. The van der Waals surface area contributed by atoms with Gasteiger partial charge in [0.25, 0.3) is 12.3 Å². The van der Waals surface area contributed by atoms with Crippen LogP contribution in [0.1, 0.15) is 11.7 Å². The second-order valence-corrected chi connectivity index (χ2v) is 4.91. The van der Waals surface area contributed by atoms with Crippen LogP contribution in [0.4, 0.5) is 20.2 Å². The number of nitrogens with zero attached hydrogens (tertiary/aromatic N) is 1. The lowest BCUT2D eigenvalue weighted by atomic mass is 10.1. The number of carbonyl (C=O) groups excluding carboxylic acids is 1. The number of aliphatic hydroxyl groups is 1. The normalized spacial score (nSPS) is 17.9. The van der Waals surface area contributed by atoms with Crippen LogP contribution in [0.3, 0.4) is 0 Å². The van der Waals surface area contributed by atoms with Gasteiger partial charge in [-0.3, -0.25) is 4.79 Å². The summed E-state index contributed by atoms with van der Waals surface area (Å²) in [4.78, 5) is 12.7. The maximum Gasteiger partial charge on any atom is 0.257 e. The van der Waals surface area contributed by atoms with Crippen molar-refractivity contribution >= 4 is 33.2 Å². The van der Waals surface area contributed by atoms with E-state index in [0.29, 0.717) is 21.4 Å². The van der Waals surface area contributed by atoms with Crippen molar-refractivity contribution in [1.29, 1.82) is 0 Å². The molecular formula is C11H11BrF2N2O2. The van der Waals surface area contributed by atoms with Gasteiger partial charge in [-0.25, -0.2) is 8.78 Å². The highest BCUT2D eigenvalue weighted by Crippen LogP contribution is 2.38. The highest BCUT2D eigenvalue weighted by atomic mass is 79.9. The molecule has 1 unspecified atom stereocenters. The third kappa shape index (κ3) is 2.32. The summed E-state index contributed by atoms with van der Waals surface area (Å²) in [6.07, 6.45) is -3.65. The molecular weight excluding hydrogens is 310 g/mol. The van der Waals surface area contributed by atoms with Gasteiger partial charge in [0, 0.05) is 22.8 Å². The standard InChI is InChI=1S/C11H11BrF2N2O2/c1-16(4-9(13)14)8-3-7-5(2-6(8)12)10(17)11(18)15-7/h2-3,9-10,17H,4H2,1H3,(H,15,18). The number of hydrogen-bond donors (Lipinski definition) is 2. The number of carbonyl (C=O) groups is 1. The van der Waals surface area contributed by atoms with Crippen LogP contribution < -0.4 is 10.2 Å². The SMILES string of the molecule is CN(CC(F)F)c1cc2c(cc1Br)C(O)C(=O)N2. The zero-order chi connectivity index (χ0) is 13.4. The van der Waals surface area contributed by atoms with Gasteiger partial charge in [-0.1, -0.05) is 0 Å². The third-order valence-corrected chi connectivity index (χ3v) is 3.38. The highest BCUT2D eigenvalue weighted by Gasteiger charge is 2.30. The molecule has 1 amide bonds. The molecule has 1 aromatic rings. The number of rotatable bonds is 3. The largest absolute Gasteiger partial charge is 0.378 e.